The maximum atomic E-state index is 13.1. The van der Waals surface area contributed by atoms with E-state index in [1.54, 1.807) is 36.3 Å². The highest BCUT2D eigenvalue weighted by molar-refractivity contribution is 9.10. The van der Waals surface area contributed by atoms with E-state index in [1.807, 2.05) is 24.3 Å². The van der Waals surface area contributed by atoms with Crippen LogP contribution in [0.2, 0.25) is 0 Å². The molecule has 0 radical (unpaired) electrons. The number of carbonyl (C=O) groups is 3. The molecule has 4 rings (SSSR count). The molecule has 0 aliphatic carbocycles. The van der Waals surface area contributed by atoms with Crippen molar-refractivity contribution in [3.63, 3.8) is 0 Å². The van der Waals surface area contributed by atoms with Gasteiger partial charge in [-0.25, -0.2) is 0 Å². The number of rotatable bonds is 5. The maximum absolute atomic E-state index is 13.1. The number of methoxy groups -OCH3 is 1. The predicted molar refractivity (Wildman–Crippen MR) is 128 cm³/mol. The van der Waals surface area contributed by atoms with Crippen LogP contribution in [0.15, 0.2) is 53.0 Å². The lowest BCUT2D eigenvalue weighted by Gasteiger charge is -2.39. The quantitative estimate of drug-likeness (QED) is 0.660. The fraction of sp³-hybridized carbons (Fsp3) is 0.375. The van der Waals surface area contributed by atoms with Crippen molar-refractivity contribution in [1.82, 2.24) is 15.1 Å². The van der Waals surface area contributed by atoms with Gasteiger partial charge in [0.05, 0.1) is 13.5 Å². The second-order valence-corrected chi connectivity index (χ2v) is 9.00. The molecule has 174 valence electrons. The number of carbonyl (C=O) groups excluding carboxylic acids is 3. The zero-order valence-corrected chi connectivity index (χ0v) is 20.1. The van der Waals surface area contributed by atoms with Crippen LogP contribution >= 0.6 is 15.9 Å². The molecule has 33 heavy (non-hydrogen) atoms. The number of hydrogen-bond acceptors (Lipinski definition) is 5. The summed E-state index contributed by atoms with van der Waals surface area (Å²) in [6.07, 6.45) is -0.0172. The topological polar surface area (TPSA) is 82.2 Å². The summed E-state index contributed by atoms with van der Waals surface area (Å²) in [4.78, 5) is 44.2. The van der Waals surface area contributed by atoms with E-state index in [4.69, 9.17) is 4.74 Å². The number of amides is 3. The van der Waals surface area contributed by atoms with Crippen LogP contribution in [-0.4, -0.2) is 79.9 Å². The van der Waals surface area contributed by atoms with Crippen LogP contribution in [0, 0.1) is 0 Å². The largest absolute Gasteiger partial charge is 0.497 e. The number of nitrogens with zero attached hydrogens (tertiary/aromatic N) is 3. The average molecular weight is 515 g/mol. The van der Waals surface area contributed by atoms with E-state index in [1.165, 1.54) is 4.90 Å². The molecular formula is C24H27BrN4O4. The van der Waals surface area contributed by atoms with Crippen molar-refractivity contribution in [2.24, 2.45) is 0 Å². The summed E-state index contributed by atoms with van der Waals surface area (Å²) in [6, 6.07) is 14.1. The number of nitrogens with one attached hydrogen (secondary N) is 1. The lowest BCUT2D eigenvalue weighted by molar-refractivity contribution is -0.138. The van der Waals surface area contributed by atoms with Crippen LogP contribution in [0.1, 0.15) is 16.8 Å². The summed E-state index contributed by atoms with van der Waals surface area (Å²) in [5, 5.41) is 2.79. The highest BCUT2D eigenvalue weighted by Crippen LogP contribution is 2.22. The van der Waals surface area contributed by atoms with Crippen molar-refractivity contribution in [3.05, 3.63) is 58.6 Å². The Kier molecular flexibility index (Phi) is 7.17. The van der Waals surface area contributed by atoms with Gasteiger partial charge in [-0.05, 0) is 48.5 Å². The highest BCUT2D eigenvalue weighted by atomic mass is 79.9. The standard InChI is InChI=1S/C24H27BrN4O4/c1-33-20-8-6-19(7-9-20)27-12-14-28(15-13-27)22(30)16-21-23(31)26-10-11-29(21)24(32)17-2-4-18(25)5-3-17/h2-9,21H,10-16H2,1H3,(H,26,31)/t21-/m0/s1. The predicted octanol–water partition coefficient (Wildman–Crippen LogP) is 2.14. The van der Waals surface area contributed by atoms with Gasteiger partial charge >= 0.3 is 0 Å². The van der Waals surface area contributed by atoms with Gasteiger partial charge in [-0.2, -0.15) is 0 Å². The van der Waals surface area contributed by atoms with Crippen LogP contribution in [0.25, 0.3) is 0 Å². The maximum Gasteiger partial charge on any atom is 0.254 e. The van der Waals surface area contributed by atoms with Crippen LogP contribution in [-0.2, 0) is 9.59 Å². The summed E-state index contributed by atoms with van der Waals surface area (Å²) >= 11 is 3.37. The molecule has 2 aromatic carbocycles. The second-order valence-electron chi connectivity index (χ2n) is 8.08. The molecule has 2 fully saturated rings. The third-order valence-electron chi connectivity index (χ3n) is 6.12. The van der Waals surface area contributed by atoms with E-state index in [0.717, 1.165) is 15.9 Å². The number of piperazine rings is 2. The number of ether oxygens (including phenoxy) is 1. The van der Waals surface area contributed by atoms with Crippen molar-refractivity contribution < 1.29 is 19.1 Å². The monoisotopic (exact) mass is 514 g/mol. The molecule has 0 aromatic heterocycles. The van der Waals surface area contributed by atoms with Crippen LogP contribution in [0.3, 0.4) is 0 Å². The summed E-state index contributed by atoms with van der Waals surface area (Å²) in [5.74, 6) is 0.178. The molecule has 2 aliphatic heterocycles. The van der Waals surface area contributed by atoms with E-state index in [0.29, 0.717) is 44.8 Å². The van der Waals surface area contributed by atoms with Crippen LogP contribution in [0.5, 0.6) is 5.75 Å². The molecule has 1 atom stereocenters. The lowest BCUT2D eigenvalue weighted by atomic mass is 10.1. The minimum absolute atomic E-state index is 0.0172. The van der Waals surface area contributed by atoms with Gasteiger partial charge in [0.25, 0.3) is 5.91 Å². The fourth-order valence-corrected chi connectivity index (χ4v) is 4.48. The average Bonchev–Trinajstić information content (AvgIpc) is 2.85. The summed E-state index contributed by atoms with van der Waals surface area (Å²) in [5.41, 5.74) is 1.58. The third-order valence-corrected chi connectivity index (χ3v) is 6.65. The Morgan fingerprint density at radius 2 is 1.67 bits per heavy atom. The summed E-state index contributed by atoms with van der Waals surface area (Å²) in [7, 11) is 1.64. The molecule has 9 heteroatoms. The van der Waals surface area contributed by atoms with Gasteiger partial charge < -0.3 is 24.8 Å². The Balaban J connectivity index is 1.38. The number of hydrogen-bond donors (Lipinski definition) is 1. The minimum atomic E-state index is -0.804. The first-order chi connectivity index (χ1) is 16.0. The first-order valence-electron chi connectivity index (χ1n) is 11.0. The molecule has 2 aromatic rings. The molecule has 8 nitrogen and oxygen atoms in total. The van der Waals surface area contributed by atoms with Gasteiger partial charge in [0.15, 0.2) is 0 Å². The highest BCUT2D eigenvalue weighted by Gasteiger charge is 2.36. The molecule has 0 unspecified atom stereocenters. The molecule has 0 spiro atoms. The van der Waals surface area contributed by atoms with Crippen molar-refractivity contribution in [2.75, 3.05) is 51.3 Å². The van der Waals surface area contributed by atoms with E-state index in [9.17, 15) is 14.4 Å². The zero-order valence-electron chi connectivity index (χ0n) is 18.5. The zero-order chi connectivity index (χ0) is 23.4. The van der Waals surface area contributed by atoms with Crippen molar-refractivity contribution in [1.29, 1.82) is 0 Å². The van der Waals surface area contributed by atoms with Gasteiger partial charge in [-0.1, -0.05) is 15.9 Å². The van der Waals surface area contributed by atoms with Gasteiger partial charge in [-0.3, -0.25) is 14.4 Å². The molecule has 2 saturated heterocycles. The number of benzene rings is 2. The second kappa shape index (κ2) is 10.2. The SMILES string of the molecule is COc1ccc(N2CCN(C(=O)C[C@H]3C(=O)NCCN3C(=O)c3ccc(Br)cc3)CC2)cc1. The Labute approximate surface area is 201 Å². The Hall–Kier alpha value is -3.07. The molecule has 0 bridgehead atoms. The molecule has 3 amide bonds. The summed E-state index contributed by atoms with van der Waals surface area (Å²) < 4.78 is 6.08. The van der Waals surface area contributed by atoms with Crippen molar-refractivity contribution >= 4 is 39.3 Å². The lowest BCUT2D eigenvalue weighted by Crippen LogP contribution is -2.59. The van der Waals surface area contributed by atoms with E-state index in [-0.39, 0.29) is 24.1 Å². The van der Waals surface area contributed by atoms with E-state index >= 15 is 0 Å². The first kappa shape index (κ1) is 23.1. The van der Waals surface area contributed by atoms with Gasteiger partial charge in [0.2, 0.25) is 11.8 Å². The van der Waals surface area contributed by atoms with Crippen molar-refractivity contribution in [2.45, 2.75) is 12.5 Å². The van der Waals surface area contributed by atoms with E-state index < -0.39 is 6.04 Å². The summed E-state index contributed by atoms with van der Waals surface area (Å²) in [6.45, 7) is 3.31. The van der Waals surface area contributed by atoms with Crippen LogP contribution < -0.4 is 15.0 Å². The first-order valence-corrected chi connectivity index (χ1v) is 11.8. The van der Waals surface area contributed by atoms with Crippen molar-refractivity contribution in [3.8, 4) is 5.75 Å². The normalized spacial score (nSPS) is 18.7. The van der Waals surface area contributed by atoms with Gasteiger partial charge in [0.1, 0.15) is 11.8 Å². The Morgan fingerprint density at radius 3 is 2.30 bits per heavy atom. The molecule has 2 heterocycles. The fourth-order valence-electron chi connectivity index (χ4n) is 4.22. The molecule has 1 N–H and O–H groups in total. The Bertz CT molecular complexity index is 1000. The third kappa shape index (κ3) is 5.30. The van der Waals surface area contributed by atoms with E-state index in [2.05, 4.69) is 26.1 Å². The minimum Gasteiger partial charge on any atom is -0.497 e. The number of halogens is 1. The molecule has 0 saturated carbocycles. The molecule has 2 aliphatic rings. The Morgan fingerprint density at radius 1 is 1.00 bits per heavy atom. The van der Waals surface area contributed by atoms with Gasteiger partial charge in [-0.15, -0.1) is 0 Å². The van der Waals surface area contributed by atoms with Gasteiger partial charge in [0, 0.05) is 55.0 Å². The van der Waals surface area contributed by atoms with Crippen LogP contribution in [0.4, 0.5) is 5.69 Å². The smallest absolute Gasteiger partial charge is 0.254 e. The molecular weight excluding hydrogens is 488 g/mol. The number of anilines is 1.